The molecule has 0 saturated carbocycles. The molecule has 0 saturated heterocycles. The second-order valence-electron chi connectivity index (χ2n) is 4.60. The van der Waals surface area contributed by atoms with Crippen molar-refractivity contribution in [3.05, 3.63) is 29.6 Å². The topological polar surface area (TPSA) is 56.1 Å². The maximum absolute atomic E-state index is 5.50. The standard InChI is InChI=1S/C13H15N3O2.3ClH.V/c1-8-6-17-12(14-8)10-4-3-5-11(16-10)13-15-9(2)7-18-13;;;;/h3-5,8-9H,6-7H2,1-2H3;3*1H;/p-3. The van der Waals surface area contributed by atoms with Gasteiger partial charge in [0.1, 0.15) is 24.6 Å². The van der Waals surface area contributed by atoms with E-state index >= 15 is 0 Å². The summed E-state index contributed by atoms with van der Waals surface area (Å²) >= 11 is 0. The van der Waals surface area contributed by atoms with Gasteiger partial charge in [0, 0.05) is 18.6 Å². The fraction of sp³-hybridized carbons (Fsp3) is 0.462. The number of aliphatic imine (C=N–C) groups is 2. The number of ether oxygens (including phenoxy) is 2. The van der Waals surface area contributed by atoms with Gasteiger partial charge < -0.3 is 46.7 Å². The van der Waals surface area contributed by atoms with Crippen molar-refractivity contribution in [2.45, 2.75) is 25.9 Å². The summed E-state index contributed by atoms with van der Waals surface area (Å²) in [6.45, 7) is 5.27. The van der Waals surface area contributed by atoms with Crippen LogP contribution in [0.2, 0.25) is 0 Å². The second kappa shape index (κ2) is 10.3. The van der Waals surface area contributed by atoms with Gasteiger partial charge in [0.2, 0.25) is 11.8 Å². The van der Waals surface area contributed by atoms with Gasteiger partial charge in [0.15, 0.2) is 0 Å². The minimum absolute atomic E-state index is 0. The van der Waals surface area contributed by atoms with Crippen LogP contribution in [0.15, 0.2) is 28.2 Å². The molecular weight excluding hydrogens is 387 g/mol. The van der Waals surface area contributed by atoms with E-state index in [4.69, 9.17) is 9.47 Å². The maximum atomic E-state index is 5.50. The third kappa shape index (κ3) is 5.32. The van der Waals surface area contributed by atoms with Crippen LogP contribution in [-0.4, -0.2) is 42.1 Å². The van der Waals surface area contributed by atoms with E-state index in [9.17, 15) is 0 Å². The average Bonchev–Trinajstić information content (AvgIpc) is 2.98. The molecule has 2 unspecified atom stereocenters. The third-order valence-electron chi connectivity index (χ3n) is 2.79. The average molecular weight is 403 g/mol. The Kier molecular flexibility index (Phi) is 11.2. The normalized spacial score (nSPS) is 21.5. The van der Waals surface area contributed by atoms with E-state index in [0.717, 1.165) is 11.4 Å². The van der Waals surface area contributed by atoms with Gasteiger partial charge in [-0.05, 0) is 26.0 Å². The van der Waals surface area contributed by atoms with Crippen LogP contribution >= 0.6 is 0 Å². The van der Waals surface area contributed by atoms with Crippen molar-refractivity contribution in [1.29, 1.82) is 0 Å². The summed E-state index contributed by atoms with van der Waals surface area (Å²) in [5, 5.41) is 0. The number of aromatic nitrogens is 1. The monoisotopic (exact) mass is 401 g/mol. The Bertz CT molecular complexity index is 500. The maximum Gasteiger partial charge on any atom is 0.235 e. The molecule has 2 aliphatic heterocycles. The number of pyridine rings is 1. The molecule has 2 atom stereocenters. The number of hydrogen-bond acceptors (Lipinski definition) is 5. The largest absolute Gasteiger partial charge is 1.00 e. The first-order chi connectivity index (χ1) is 8.72. The molecule has 1 aromatic rings. The van der Waals surface area contributed by atoms with Crippen molar-refractivity contribution < 1.29 is 65.3 Å². The molecule has 9 heteroatoms. The Hall–Kier alpha value is -0.456. The molecule has 0 fully saturated rings. The Labute approximate surface area is 160 Å². The summed E-state index contributed by atoms with van der Waals surface area (Å²) in [6.07, 6.45) is 0. The molecule has 0 N–H and O–H groups in total. The molecule has 22 heavy (non-hydrogen) atoms. The summed E-state index contributed by atoms with van der Waals surface area (Å²) in [5.74, 6) is 1.21. The molecule has 0 aliphatic carbocycles. The summed E-state index contributed by atoms with van der Waals surface area (Å²) in [6, 6.07) is 6.09. The molecule has 3 rings (SSSR count). The van der Waals surface area contributed by atoms with Crippen LogP contribution in [0.4, 0.5) is 0 Å². The molecule has 123 valence electrons. The van der Waals surface area contributed by atoms with Gasteiger partial charge >= 0.3 is 0 Å². The van der Waals surface area contributed by atoms with E-state index < -0.39 is 0 Å². The summed E-state index contributed by atoms with van der Waals surface area (Å²) in [5.41, 5.74) is 1.48. The van der Waals surface area contributed by atoms with E-state index in [1.54, 1.807) is 0 Å². The minimum Gasteiger partial charge on any atom is -1.00 e. The van der Waals surface area contributed by atoms with Crippen molar-refractivity contribution in [2.75, 3.05) is 13.2 Å². The number of halogens is 3. The van der Waals surface area contributed by atoms with Gasteiger partial charge in [-0.3, -0.25) is 0 Å². The van der Waals surface area contributed by atoms with E-state index in [1.165, 1.54) is 0 Å². The van der Waals surface area contributed by atoms with Crippen LogP contribution in [0.1, 0.15) is 25.2 Å². The van der Waals surface area contributed by atoms with E-state index in [0.29, 0.717) is 25.0 Å². The first-order valence-corrected chi connectivity index (χ1v) is 6.11. The third-order valence-corrected chi connectivity index (χ3v) is 2.79. The van der Waals surface area contributed by atoms with Crippen LogP contribution in [0.3, 0.4) is 0 Å². The molecule has 1 radical (unpaired) electrons. The quantitative estimate of drug-likeness (QED) is 0.494. The van der Waals surface area contributed by atoms with Crippen molar-refractivity contribution >= 4 is 11.8 Å². The van der Waals surface area contributed by atoms with Crippen molar-refractivity contribution in [1.82, 2.24) is 4.98 Å². The molecular formula is C13H15Cl3N3O2V-3. The molecule has 3 heterocycles. The number of nitrogens with zero attached hydrogens (tertiary/aromatic N) is 3. The van der Waals surface area contributed by atoms with Gasteiger partial charge in [-0.15, -0.1) is 0 Å². The fourth-order valence-corrected chi connectivity index (χ4v) is 1.90. The van der Waals surface area contributed by atoms with E-state index in [2.05, 4.69) is 15.0 Å². The summed E-state index contributed by atoms with van der Waals surface area (Å²) in [7, 11) is 0. The molecule has 2 aliphatic rings. The SMILES string of the molecule is CC1COC(c2cccc(C3=NC(C)CO3)n2)=N1.[Cl-].[Cl-].[Cl-].[V]. The molecule has 1 aromatic heterocycles. The van der Waals surface area contributed by atoms with Gasteiger partial charge in [0.05, 0.1) is 12.1 Å². The minimum atomic E-state index is 0. The molecule has 0 aromatic carbocycles. The van der Waals surface area contributed by atoms with Crippen LogP contribution < -0.4 is 37.2 Å². The Morgan fingerprint density at radius 2 is 1.27 bits per heavy atom. The van der Waals surface area contributed by atoms with Gasteiger partial charge in [-0.1, -0.05) is 6.07 Å². The second-order valence-corrected chi connectivity index (χ2v) is 4.60. The summed E-state index contributed by atoms with van der Waals surface area (Å²) in [4.78, 5) is 13.3. The zero-order valence-corrected chi connectivity index (χ0v) is 15.7. The predicted molar refractivity (Wildman–Crippen MR) is 68.1 cm³/mol. The molecule has 0 spiro atoms. The molecule has 5 nitrogen and oxygen atoms in total. The van der Waals surface area contributed by atoms with E-state index in [1.807, 2.05) is 32.0 Å². The Morgan fingerprint density at radius 3 is 1.59 bits per heavy atom. The zero-order chi connectivity index (χ0) is 12.5. The zero-order valence-electron chi connectivity index (χ0n) is 12.0. The van der Waals surface area contributed by atoms with Crippen LogP contribution in [0, 0.1) is 0 Å². The Balaban J connectivity index is 0. The smallest absolute Gasteiger partial charge is 0.235 e. The van der Waals surface area contributed by atoms with Crippen molar-refractivity contribution in [2.24, 2.45) is 9.98 Å². The van der Waals surface area contributed by atoms with E-state index in [-0.39, 0.29) is 67.9 Å². The van der Waals surface area contributed by atoms with Gasteiger partial charge in [-0.2, -0.15) is 0 Å². The first kappa shape index (κ1) is 23.8. The van der Waals surface area contributed by atoms with Gasteiger partial charge in [-0.25, -0.2) is 15.0 Å². The number of rotatable bonds is 2. The molecule has 0 amide bonds. The first-order valence-electron chi connectivity index (χ1n) is 6.11. The number of hydrogen-bond donors (Lipinski definition) is 0. The van der Waals surface area contributed by atoms with Crippen LogP contribution in [0.5, 0.6) is 0 Å². The van der Waals surface area contributed by atoms with Crippen LogP contribution in [-0.2, 0) is 28.0 Å². The van der Waals surface area contributed by atoms with Crippen molar-refractivity contribution in [3.8, 4) is 0 Å². The fourth-order valence-electron chi connectivity index (χ4n) is 1.90. The van der Waals surface area contributed by atoms with Crippen LogP contribution in [0.25, 0.3) is 0 Å². The van der Waals surface area contributed by atoms with Gasteiger partial charge in [0.25, 0.3) is 0 Å². The summed E-state index contributed by atoms with van der Waals surface area (Å²) < 4.78 is 11.0. The Morgan fingerprint density at radius 1 is 0.864 bits per heavy atom. The van der Waals surface area contributed by atoms with Crippen molar-refractivity contribution in [3.63, 3.8) is 0 Å². The molecule has 0 bridgehead atoms. The predicted octanol–water partition coefficient (Wildman–Crippen LogP) is -7.58.